The Morgan fingerprint density at radius 3 is 2.79 bits per heavy atom. The number of amides is 2. The first-order valence-corrected chi connectivity index (χ1v) is 6.12. The minimum Gasteiger partial charge on any atom is -0.476 e. The molecule has 0 fully saturated rings. The molecule has 0 radical (unpaired) electrons. The van der Waals surface area contributed by atoms with Gasteiger partial charge in [0, 0.05) is 11.6 Å². The Balaban J connectivity index is 2.09. The number of aromatic carboxylic acids is 1. The molecular formula is C11H10N4O3S. The molecule has 0 aliphatic heterocycles. The van der Waals surface area contributed by atoms with Gasteiger partial charge < -0.3 is 10.4 Å². The van der Waals surface area contributed by atoms with Gasteiger partial charge in [-0.15, -0.1) is 11.3 Å². The standard InChI is InChI=1S/C11H10N4O3S/c1-6-5-19-11(13-6)15-10(18)14-7-3-2-4-12-8(7)9(16)17/h2-5H,1H3,(H,16,17)(H2,13,14,15,18). The van der Waals surface area contributed by atoms with Crippen molar-refractivity contribution in [1.29, 1.82) is 0 Å². The van der Waals surface area contributed by atoms with Crippen molar-refractivity contribution in [2.24, 2.45) is 0 Å². The van der Waals surface area contributed by atoms with E-state index in [1.54, 1.807) is 5.38 Å². The minimum absolute atomic E-state index is 0.126. The maximum absolute atomic E-state index is 11.7. The van der Waals surface area contributed by atoms with E-state index in [2.05, 4.69) is 20.6 Å². The number of nitrogens with one attached hydrogen (secondary N) is 2. The zero-order valence-corrected chi connectivity index (χ0v) is 10.7. The summed E-state index contributed by atoms with van der Waals surface area (Å²) in [6.07, 6.45) is 1.34. The number of thiazole rings is 1. The van der Waals surface area contributed by atoms with Crippen molar-refractivity contribution in [1.82, 2.24) is 9.97 Å². The molecule has 2 amide bonds. The van der Waals surface area contributed by atoms with Gasteiger partial charge in [-0.3, -0.25) is 5.32 Å². The number of rotatable bonds is 3. The first-order valence-electron chi connectivity index (χ1n) is 5.24. The molecule has 7 nitrogen and oxygen atoms in total. The Kier molecular flexibility index (Phi) is 3.71. The lowest BCUT2D eigenvalue weighted by Gasteiger charge is -2.07. The van der Waals surface area contributed by atoms with Gasteiger partial charge in [-0.25, -0.2) is 19.6 Å². The minimum atomic E-state index is -1.21. The monoisotopic (exact) mass is 278 g/mol. The summed E-state index contributed by atoms with van der Waals surface area (Å²) in [4.78, 5) is 30.4. The zero-order valence-electron chi connectivity index (χ0n) is 9.88. The SMILES string of the molecule is Cc1csc(NC(=O)Nc2cccnc2C(=O)O)n1. The van der Waals surface area contributed by atoms with E-state index in [0.717, 1.165) is 5.69 Å². The smallest absolute Gasteiger partial charge is 0.356 e. The number of aryl methyl sites for hydroxylation is 1. The summed E-state index contributed by atoms with van der Waals surface area (Å²) in [5.74, 6) is -1.21. The van der Waals surface area contributed by atoms with Gasteiger partial charge in [0.25, 0.3) is 0 Å². The molecule has 0 aliphatic rings. The molecule has 0 aliphatic carbocycles. The second-order valence-corrected chi connectivity index (χ2v) is 4.44. The van der Waals surface area contributed by atoms with Crippen molar-refractivity contribution < 1.29 is 14.7 Å². The number of carbonyl (C=O) groups excluding carboxylic acids is 1. The van der Waals surface area contributed by atoms with Gasteiger partial charge in [-0.1, -0.05) is 0 Å². The van der Waals surface area contributed by atoms with Crippen LogP contribution < -0.4 is 10.6 Å². The molecular weight excluding hydrogens is 268 g/mol. The number of hydrogen-bond acceptors (Lipinski definition) is 5. The first-order chi connectivity index (χ1) is 9.06. The predicted molar refractivity (Wildman–Crippen MR) is 70.7 cm³/mol. The lowest BCUT2D eigenvalue weighted by atomic mass is 10.3. The number of aromatic nitrogens is 2. The van der Waals surface area contributed by atoms with E-state index in [9.17, 15) is 9.59 Å². The number of hydrogen-bond donors (Lipinski definition) is 3. The van der Waals surface area contributed by atoms with Crippen LogP contribution in [0.4, 0.5) is 15.6 Å². The molecule has 0 unspecified atom stereocenters. The fourth-order valence-electron chi connectivity index (χ4n) is 1.34. The van der Waals surface area contributed by atoms with Crippen LogP contribution in [-0.2, 0) is 0 Å². The molecule has 0 aromatic carbocycles. The predicted octanol–water partition coefficient (Wildman–Crippen LogP) is 2.19. The quantitative estimate of drug-likeness (QED) is 0.798. The molecule has 2 aromatic heterocycles. The number of carboxylic acid groups (broad SMARTS) is 1. The van der Waals surface area contributed by atoms with Crippen molar-refractivity contribution in [3.05, 3.63) is 35.1 Å². The second-order valence-electron chi connectivity index (χ2n) is 3.58. The highest BCUT2D eigenvalue weighted by Gasteiger charge is 2.13. The van der Waals surface area contributed by atoms with Crippen LogP contribution in [0.2, 0.25) is 0 Å². The zero-order chi connectivity index (χ0) is 13.8. The molecule has 0 bridgehead atoms. The van der Waals surface area contributed by atoms with Crippen molar-refractivity contribution in [2.45, 2.75) is 6.92 Å². The van der Waals surface area contributed by atoms with Gasteiger partial charge >= 0.3 is 12.0 Å². The Morgan fingerprint density at radius 1 is 1.37 bits per heavy atom. The third-order valence-corrected chi connectivity index (χ3v) is 2.97. The number of carboxylic acids is 1. The fraction of sp³-hybridized carbons (Fsp3) is 0.0909. The highest BCUT2D eigenvalue weighted by atomic mass is 32.1. The molecule has 8 heteroatoms. The van der Waals surface area contributed by atoms with E-state index in [-0.39, 0.29) is 11.4 Å². The molecule has 2 aromatic rings. The normalized spacial score (nSPS) is 9.95. The Labute approximate surface area is 112 Å². The molecule has 2 rings (SSSR count). The number of anilines is 2. The molecule has 0 spiro atoms. The van der Waals surface area contributed by atoms with E-state index in [1.807, 2.05) is 6.92 Å². The Morgan fingerprint density at radius 2 is 2.16 bits per heavy atom. The van der Waals surface area contributed by atoms with Crippen LogP contribution in [0.15, 0.2) is 23.7 Å². The third-order valence-electron chi connectivity index (χ3n) is 2.10. The van der Waals surface area contributed by atoms with Crippen molar-refractivity contribution in [3.8, 4) is 0 Å². The lowest BCUT2D eigenvalue weighted by molar-refractivity contribution is 0.0692. The van der Waals surface area contributed by atoms with Gasteiger partial charge in [0.15, 0.2) is 10.8 Å². The molecule has 3 N–H and O–H groups in total. The molecule has 0 saturated heterocycles. The topological polar surface area (TPSA) is 104 Å². The van der Waals surface area contributed by atoms with E-state index >= 15 is 0 Å². The maximum atomic E-state index is 11.7. The summed E-state index contributed by atoms with van der Waals surface area (Å²) < 4.78 is 0. The van der Waals surface area contributed by atoms with Crippen LogP contribution in [0.1, 0.15) is 16.2 Å². The molecule has 0 saturated carbocycles. The van der Waals surface area contributed by atoms with Gasteiger partial charge in [-0.05, 0) is 19.1 Å². The van der Waals surface area contributed by atoms with Crippen LogP contribution in [-0.4, -0.2) is 27.1 Å². The van der Waals surface area contributed by atoms with Gasteiger partial charge in [0.2, 0.25) is 0 Å². The van der Waals surface area contributed by atoms with Crippen LogP contribution in [0.5, 0.6) is 0 Å². The summed E-state index contributed by atoms with van der Waals surface area (Å²) in [6.45, 7) is 1.81. The van der Waals surface area contributed by atoms with Crippen LogP contribution in [0, 0.1) is 6.92 Å². The van der Waals surface area contributed by atoms with E-state index in [0.29, 0.717) is 5.13 Å². The van der Waals surface area contributed by atoms with Crippen molar-refractivity contribution in [3.63, 3.8) is 0 Å². The number of pyridine rings is 1. The highest BCUT2D eigenvalue weighted by Crippen LogP contribution is 2.16. The Hall–Kier alpha value is -2.48. The largest absolute Gasteiger partial charge is 0.476 e. The van der Waals surface area contributed by atoms with Crippen LogP contribution in [0.25, 0.3) is 0 Å². The maximum Gasteiger partial charge on any atom is 0.356 e. The van der Waals surface area contributed by atoms with Crippen LogP contribution in [0.3, 0.4) is 0 Å². The number of nitrogens with zero attached hydrogens (tertiary/aromatic N) is 2. The summed E-state index contributed by atoms with van der Waals surface area (Å²) in [6, 6.07) is 2.43. The van der Waals surface area contributed by atoms with E-state index in [1.165, 1.54) is 29.7 Å². The van der Waals surface area contributed by atoms with Crippen molar-refractivity contribution >= 4 is 34.2 Å². The molecule has 0 atom stereocenters. The van der Waals surface area contributed by atoms with Gasteiger partial charge in [-0.2, -0.15) is 0 Å². The molecule has 19 heavy (non-hydrogen) atoms. The second kappa shape index (κ2) is 5.44. The van der Waals surface area contributed by atoms with Crippen molar-refractivity contribution in [2.75, 3.05) is 10.6 Å². The summed E-state index contributed by atoms with van der Waals surface area (Å²) in [7, 11) is 0. The average Bonchev–Trinajstić information content (AvgIpc) is 2.75. The Bertz CT molecular complexity index is 626. The summed E-state index contributed by atoms with van der Waals surface area (Å²) in [5.41, 5.74) is 0.710. The van der Waals surface area contributed by atoms with Crippen LogP contribution >= 0.6 is 11.3 Å². The van der Waals surface area contributed by atoms with E-state index in [4.69, 9.17) is 5.11 Å². The summed E-state index contributed by atoms with van der Waals surface area (Å²) in [5, 5.41) is 16.1. The third kappa shape index (κ3) is 3.26. The highest BCUT2D eigenvalue weighted by molar-refractivity contribution is 7.13. The number of carbonyl (C=O) groups is 2. The first kappa shape index (κ1) is 13.0. The summed E-state index contributed by atoms with van der Waals surface area (Å²) >= 11 is 1.28. The number of urea groups is 1. The molecule has 98 valence electrons. The van der Waals surface area contributed by atoms with Gasteiger partial charge in [0.1, 0.15) is 0 Å². The van der Waals surface area contributed by atoms with Gasteiger partial charge in [0.05, 0.1) is 11.4 Å². The molecule has 2 heterocycles. The van der Waals surface area contributed by atoms with E-state index < -0.39 is 12.0 Å². The fourth-order valence-corrected chi connectivity index (χ4v) is 2.02. The average molecular weight is 278 g/mol. The lowest BCUT2D eigenvalue weighted by Crippen LogP contribution is -2.21.